The summed E-state index contributed by atoms with van der Waals surface area (Å²) in [7, 11) is 1.55. The van der Waals surface area contributed by atoms with E-state index in [4.69, 9.17) is 9.47 Å². The normalized spacial score (nSPS) is 19.0. The van der Waals surface area contributed by atoms with Crippen molar-refractivity contribution in [3.05, 3.63) is 103 Å². The third-order valence-electron chi connectivity index (χ3n) is 7.10. The number of aromatic nitrogens is 1. The minimum absolute atomic E-state index is 0.165. The summed E-state index contributed by atoms with van der Waals surface area (Å²) < 4.78 is 10.9. The molecule has 3 unspecified atom stereocenters. The van der Waals surface area contributed by atoms with E-state index in [0.717, 1.165) is 28.0 Å². The second-order valence-corrected chi connectivity index (χ2v) is 11.8. The molecule has 6 rings (SSSR count). The Morgan fingerprint density at radius 1 is 1.02 bits per heavy atom. The molecule has 4 aromatic rings. The van der Waals surface area contributed by atoms with Gasteiger partial charge in [-0.1, -0.05) is 35.2 Å². The van der Waals surface area contributed by atoms with Crippen molar-refractivity contribution < 1.29 is 28.8 Å². The fourth-order valence-electron chi connectivity index (χ4n) is 5.17. The molecule has 3 aromatic carbocycles. The van der Waals surface area contributed by atoms with Crippen molar-refractivity contribution in [2.75, 3.05) is 23.9 Å². The van der Waals surface area contributed by atoms with Crippen molar-refractivity contribution in [1.82, 2.24) is 4.98 Å². The molecule has 2 N–H and O–H groups in total. The summed E-state index contributed by atoms with van der Waals surface area (Å²) in [4.78, 5) is 67.0. The summed E-state index contributed by atoms with van der Waals surface area (Å²) in [6.07, 6.45) is 0. The third kappa shape index (κ3) is 5.37. The minimum Gasteiger partial charge on any atom is -0.497 e. The van der Waals surface area contributed by atoms with Gasteiger partial charge in [0, 0.05) is 28.6 Å². The number of benzene rings is 3. The Hall–Kier alpha value is -4.95. The number of anilines is 2. The maximum atomic E-state index is 13.9. The first kappa shape index (κ1) is 28.2. The van der Waals surface area contributed by atoms with Gasteiger partial charge in [0.15, 0.2) is 6.61 Å². The van der Waals surface area contributed by atoms with Gasteiger partial charge in [-0.15, -0.1) is 0 Å². The van der Waals surface area contributed by atoms with Crippen molar-refractivity contribution in [3.8, 4) is 11.5 Å². The molecular weight excluding hydrogens is 596 g/mol. The molecule has 1 aromatic heterocycles. The Kier molecular flexibility index (Phi) is 7.46. The van der Waals surface area contributed by atoms with Crippen LogP contribution >= 0.6 is 23.1 Å². The largest absolute Gasteiger partial charge is 0.497 e. The van der Waals surface area contributed by atoms with E-state index in [-0.39, 0.29) is 28.8 Å². The maximum absolute atomic E-state index is 13.9. The number of ether oxygens (including phenoxy) is 2. The van der Waals surface area contributed by atoms with Crippen LogP contribution in [0.15, 0.2) is 82.6 Å². The molecule has 1 fully saturated rings. The van der Waals surface area contributed by atoms with Gasteiger partial charge in [0.25, 0.3) is 11.6 Å². The summed E-state index contributed by atoms with van der Waals surface area (Å²) in [6, 6.07) is 18.9. The van der Waals surface area contributed by atoms with Crippen LogP contribution in [0.1, 0.15) is 16.4 Å². The summed E-state index contributed by atoms with van der Waals surface area (Å²) in [5.74, 6) is -1.81. The Morgan fingerprint density at radius 3 is 2.47 bits per heavy atom. The average Bonchev–Trinajstić information content (AvgIpc) is 3.50. The van der Waals surface area contributed by atoms with E-state index >= 15 is 0 Å². The molecule has 218 valence electrons. The van der Waals surface area contributed by atoms with Crippen LogP contribution in [0, 0.1) is 16.0 Å². The number of amides is 3. The van der Waals surface area contributed by atoms with Gasteiger partial charge in [0.05, 0.1) is 28.7 Å². The van der Waals surface area contributed by atoms with Crippen molar-refractivity contribution in [1.29, 1.82) is 0 Å². The highest BCUT2D eigenvalue weighted by Gasteiger charge is 2.56. The van der Waals surface area contributed by atoms with Crippen LogP contribution in [0.3, 0.4) is 0 Å². The molecule has 3 amide bonds. The van der Waals surface area contributed by atoms with Crippen molar-refractivity contribution in [3.63, 3.8) is 0 Å². The molecule has 1 saturated heterocycles. The summed E-state index contributed by atoms with van der Waals surface area (Å²) in [5.41, 5.74) is 1.27. The molecule has 43 heavy (non-hydrogen) atoms. The Labute approximate surface area is 251 Å². The first-order valence-electron chi connectivity index (χ1n) is 12.9. The predicted octanol–water partition coefficient (Wildman–Crippen LogP) is 4.17. The van der Waals surface area contributed by atoms with Crippen molar-refractivity contribution >= 4 is 57.9 Å². The molecular formula is C29H22N4O8S2. The van der Waals surface area contributed by atoms with Gasteiger partial charge < -0.3 is 19.8 Å². The highest BCUT2D eigenvalue weighted by molar-refractivity contribution is 8.00. The number of hydrogen-bond donors (Lipinski definition) is 2. The topological polar surface area (TPSA) is 161 Å². The van der Waals surface area contributed by atoms with Crippen LogP contribution in [0.25, 0.3) is 0 Å². The van der Waals surface area contributed by atoms with Crippen LogP contribution in [0.4, 0.5) is 17.1 Å². The van der Waals surface area contributed by atoms with Gasteiger partial charge in [-0.3, -0.25) is 29.3 Å². The molecule has 0 saturated carbocycles. The van der Waals surface area contributed by atoms with E-state index in [1.807, 2.05) is 0 Å². The summed E-state index contributed by atoms with van der Waals surface area (Å²) in [6.45, 7) is -0.282. The monoisotopic (exact) mass is 618 g/mol. The molecule has 0 aliphatic carbocycles. The van der Waals surface area contributed by atoms with Gasteiger partial charge in [0.2, 0.25) is 11.8 Å². The number of nitrogens with zero attached hydrogens (tertiary/aromatic N) is 2. The highest BCUT2D eigenvalue weighted by Crippen LogP contribution is 2.53. The number of H-pyrrole nitrogens is 1. The number of nitro groups is 1. The van der Waals surface area contributed by atoms with Gasteiger partial charge in [0.1, 0.15) is 16.7 Å². The molecule has 3 atom stereocenters. The molecule has 0 radical (unpaired) electrons. The van der Waals surface area contributed by atoms with E-state index in [2.05, 4.69) is 10.3 Å². The number of aromatic amines is 1. The lowest BCUT2D eigenvalue weighted by atomic mass is 9.83. The number of nitrogens with one attached hydrogen (secondary N) is 2. The average molecular weight is 619 g/mol. The first-order valence-corrected chi connectivity index (χ1v) is 14.6. The molecule has 3 heterocycles. The number of hydrogen-bond acceptors (Lipinski definition) is 10. The molecule has 0 spiro atoms. The first-order chi connectivity index (χ1) is 20.7. The number of carbonyl (C=O) groups excluding carboxylic acids is 3. The lowest BCUT2D eigenvalue weighted by Gasteiger charge is -2.30. The van der Waals surface area contributed by atoms with E-state index in [0.29, 0.717) is 32.7 Å². The molecule has 12 nitrogen and oxygen atoms in total. The van der Waals surface area contributed by atoms with E-state index in [1.54, 1.807) is 55.6 Å². The van der Waals surface area contributed by atoms with Gasteiger partial charge in [-0.2, -0.15) is 0 Å². The Balaban J connectivity index is 1.26. The van der Waals surface area contributed by atoms with Crippen LogP contribution in [-0.2, 0) is 14.4 Å². The SMILES string of the molecule is COc1ccc(NC(=O)COc2cccc(C3c4sc(=O)[nH]c4SC4C(=O)N(c5ccc([N+](=O)[O-])cc5)C(=O)C43)c2)cc1. The summed E-state index contributed by atoms with van der Waals surface area (Å²) in [5, 5.41) is 13.5. The number of methoxy groups -OCH3 is 1. The standard InChI is InChI=1S/C29H22N4O8S2/c1-40-19-11-5-16(6-12-19)30-21(34)14-41-20-4-2-3-15(13-20)22-23-25(42-26-24(22)43-29(37)31-26)28(36)32(27(23)35)17-7-9-18(10-8-17)33(38)39/h2-13,22-23,25H,14H2,1H3,(H,30,34)(H,31,37). The summed E-state index contributed by atoms with van der Waals surface area (Å²) >= 11 is 2.10. The third-order valence-corrected chi connectivity index (χ3v) is 9.50. The van der Waals surface area contributed by atoms with Gasteiger partial charge >= 0.3 is 4.87 Å². The number of fused-ring (bicyclic) bond motifs is 2. The fourth-order valence-corrected chi connectivity index (χ4v) is 7.69. The number of thiazole rings is 1. The zero-order valence-corrected chi connectivity index (χ0v) is 24.0. The van der Waals surface area contributed by atoms with Crippen LogP contribution in [0.2, 0.25) is 0 Å². The van der Waals surface area contributed by atoms with Gasteiger partial charge in [-0.05, 0) is 54.1 Å². The predicted molar refractivity (Wildman–Crippen MR) is 159 cm³/mol. The minimum atomic E-state index is -0.847. The quantitative estimate of drug-likeness (QED) is 0.168. The van der Waals surface area contributed by atoms with E-state index in [9.17, 15) is 29.3 Å². The van der Waals surface area contributed by atoms with Crippen molar-refractivity contribution in [2.45, 2.75) is 16.2 Å². The maximum Gasteiger partial charge on any atom is 0.305 e. The molecule has 2 aliphatic heterocycles. The number of non-ortho nitro benzene ring substituents is 1. The lowest BCUT2D eigenvalue weighted by molar-refractivity contribution is -0.384. The van der Waals surface area contributed by atoms with Crippen LogP contribution in [-0.4, -0.2) is 46.6 Å². The number of nitro benzene ring substituents is 1. The van der Waals surface area contributed by atoms with Crippen LogP contribution < -0.4 is 24.6 Å². The number of imide groups is 1. The second-order valence-electron chi connectivity index (χ2n) is 9.67. The zero-order chi connectivity index (χ0) is 30.2. The van der Waals surface area contributed by atoms with E-state index < -0.39 is 33.8 Å². The Morgan fingerprint density at radius 2 is 1.77 bits per heavy atom. The van der Waals surface area contributed by atoms with Crippen molar-refractivity contribution in [2.24, 2.45) is 5.92 Å². The number of thioether (sulfide) groups is 1. The number of rotatable bonds is 8. The number of carbonyl (C=O) groups is 3. The zero-order valence-electron chi connectivity index (χ0n) is 22.3. The fraction of sp³-hybridized carbons (Fsp3) is 0.172. The van der Waals surface area contributed by atoms with E-state index in [1.165, 1.54) is 24.3 Å². The second kappa shape index (κ2) is 11.4. The molecule has 14 heteroatoms. The molecule has 0 bridgehead atoms. The van der Waals surface area contributed by atoms with Gasteiger partial charge in [-0.25, -0.2) is 4.90 Å². The Bertz CT molecular complexity index is 1800. The van der Waals surface area contributed by atoms with Crippen LogP contribution in [0.5, 0.6) is 11.5 Å². The smallest absolute Gasteiger partial charge is 0.305 e. The highest BCUT2D eigenvalue weighted by atomic mass is 32.2. The molecule has 2 aliphatic rings. The lowest BCUT2D eigenvalue weighted by Crippen LogP contribution is -2.32.